The largest absolute Gasteiger partial charge is 0.378 e. The normalized spacial score (nSPS) is 14.3. The second-order valence-electron chi connectivity index (χ2n) is 6.35. The minimum atomic E-state index is -0.322. The van der Waals surface area contributed by atoms with Crippen LogP contribution in [-0.4, -0.2) is 37.9 Å². The number of nitrogens with zero attached hydrogens (tertiary/aromatic N) is 2. The number of anilines is 2. The van der Waals surface area contributed by atoms with Gasteiger partial charge in [0, 0.05) is 32.5 Å². The fourth-order valence-electron chi connectivity index (χ4n) is 2.73. The van der Waals surface area contributed by atoms with E-state index in [2.05, 4.69) is 5.32 Å². The van der Waals surface area contributed by atoms with Gasteiger partial charge in [0.05, 0.1) is 5.57 Å². The van der Waals surface area contributed by atoms with E-state index in [1.165, 1.54) is 7.05 Å². The first kappa shape index (κ1) is 16.8. The maximum Gasteiger partial charge on any atom is 0.277 e. The summed E-state index contributed by atoms with van der Waals surface area (Å²) in [4.78, 5) is 28.2. The number of nitrogens with one attached hydrogen (secondary N) is 1. The van der Waals surface area contributed by atoms with Crippen LogP contribution < -0.4 is 10.2 Å². The standard InChI is InChI=1S/C20H21N3O2/c1-13-5-7-14(8-6-13)17-18(20(25)23(4)19(17)24)21-15-9-11-16(12-10-15)22(2)3/h5-12,21H,1-4H3. The molecule has 2 aromatic carbocycles. The lowest BCUT2D eigenvalue weighted by Crippen LogP contribution is -2.27. The Morgan fingerprint density at radius 2 is 1.48 bits per heavy atom. The molecular formula is C20H21N3O2. The Balaban J connectivity index is 2.00. The quantitative estimate of drug-likeness (QED) is 0.873. The average Bonchev–Trinajstić information content (AvgIpc) is 2.80. The van der Waals surface area contributed by atoms with Gasteiger partial charge in [-0.3, -0.25) is 14.5 Å². The third-order valence-electron chi connectivity index (χ3n) is 4.28. The van der Waals surface area contributed by atoms with Gasteiger partial charge in [0.2, 0.25) is 0 Å². The zero-order chi connectivity index (χ0) is 18.1. The van der Waals surface area contributed by atoms with Crippen molar-refractivity contribution in [3.63, 3.8) is 0 Å². The van der Waals surface area contributed by atoms with Gasteiger partial charge >= 0.3 is 0 Å². The zero-order valence-electron chi connectivity index (χ0n) is 14.8. The monoisotopic (exact) mass is 335 g/mol. The highest BCUT2D eigenvalue weighted by molar-refractivity contribution is 6.36. The SMILES string of the molecule is Cc1ccc(C2=C(Nc3ccc(N(C)C)cc3)C(=O)N(C)C2=O)cc1. The van der Waals surface area contributed by atoms with Crippen LogP contribution in [0.1, 0.15) is 11.1 Å². The van der Waals surface area contributed by atoms with Crippen molar-refractivity contribution >= 4 is 28.8 Å². The summed E-state index contributed by atoms with van der Waals surface area (Å²) in [5.41, 5.74) is 4.38. The van der Waals surface area contributed by atoms with Gasteiger partial charge in [0.25, 0.3) is 11.8 Å². The first-order valence-corrected chi connectivity index (χ1v) is 8.06. The summed E-state index contributed by atoms with van der Waals surface area (Å²) in [5.74, 6) is -0.612. The second kappa shape index (κ2) is 6.43. The van der Waals surface area contributed by atoms with E-state index in [4.69, 9.17) is 0 Å². The number of carbonyl (C=O) groups is 2. The summed E-state index contributed by atoms with van der Waals surface area (Å²) >= 11 is 0. The van der Waals surface area contributed by atoms with E-state index in [0.717, 1.165) is 27.4 Å². The number of likely N-dealkylation sites (N-methyl/N-ethyl adjacent to an activating group) is 1. The Bertz CT molecular complexity index is 850. The van der Waals surface area contributed by atoms with Crippen LogP contribution in [-0.2, 0) is 9.59 Å². The molecule has 2 aromatic rings. The predicted molar refractivity (Wildman–Crippen MR) is 100 cm³/mol. The molecule has 0 atom stereocenters. The van der Waals surface area contributed by atoms with Gasteiger partial charge in [-0.05, 0) is 36.8 Å². The molecule has 1 N–H and O–H groups in total. The number of imide groups is 1. The van der Waals surface area contributed by atoms with Crippen molar-refractivity contribution in [1.29, 1.82) is 0 Å². The predicted octanol–water partition coefficient (Wildman–Crippen LogP) is 2.88. The van der Waals surface area contributed by atoms with Crippen molar-refractivity contribution in [2.45, 2.75) is 6.92 Å². The summed E-state index contributed by atoms with van der Waals surface area (Å²) in [7, 11) is 5.44. The van der Waals surface area contributed by atoms with Crippen LogP contribution in [0.3, 0.4) is 0 Å². The molecule has 5 nitrogen and oxygen atoms in total. The number of aryl methyl sites for hydroxylation is 1. The smallest absolute Gasteiger partial charge is 0.277 e. The molecule has 1 aliphatic rings. The number of hydrogen-bond acceptors (Lipinski definition) is 4. The summed E-state index contributed by atoms with van der Waals surface area (Å²) in [6.07, 6.45) is 0. The lowest BCUT2D eigenvalue weighted by molar-refractivity contribution is -0.135. The maximum absolute atomic E-state index is 12.5. The minimum Gasteiger partial charge on any atom is -0.378 e. The van der Waals surface area contributed by atoms with Crippen LogP contribution >= 0.6 is 0 Å². The molecule has 0 aromatic heterocycles. The molecule has 0 aliphatic carbocycles. The molecule has 0 fully saturated rings. The van der Waals surface area contributed by atoms with Crippen molar-refractivity contribution in [3.8, 4) is 0 Å². The Kier molecular flexibility index (Phi) is 4.31. The highest BCUT2D eigenvalue weighted by Gasteiger charge is 2.36. The van der Waals surface area contributed by atoms with Crippen LogP contribution in [0.2, 0.25) is 0 Å². The molecule has 128 valence electrons. The number of amides is 2. The summed E-state index contributed by atoms with van der Waals surface area (Å²) in [6, 6.07) is 15.3. The molecule has 0 radical (unpaired) electrons. The molecule has 1 heterocycles. The highest BCUT2D eigenvalue weighted by atomic mass is 16.2. The van der Waals surface area contributed by atoms with Crippen molar-refractivity contribution in [1.82, 2.24) is 4.90 Å². The molecule has 2 amide bonds. The van der Waals surface area contributed by atoms with E-state index in [-0.39, 0.29) is 11.8 Å². The fourth-order valence-corrected chi connectivity index (χ4v) is 2.73. The van der Waals surface area contributed by atoms with Gasteiger partial charge in [0.1, 0.15) is 5.70 Å². The molecule has 3 rings (SSSR count). The first-order chi connectivity index (χ1) is 11.9. The third-order valence-corrected chi connectivity index (χ3v) is 4.28. The molecule has 0 saturated heterocycles. The number of benzene rings is 2. The van der Waals surface area contributed by atoms with Crippen molar-refractivity contribution < 1.29 is 9.59 Å². The van der Waals surface area contributed by atoms with E-state index in [0.29, 0.717) is 11.3 Å². The summed E-state index contributed by atoms with van der Waals surface area (Å²) in [5, 5.41) is 3.13. The molecule has 0 unspecified atom stereocenters. The minimum absolute atomic E-state index is 0.290. The molecule has 25 heavy (non-hydrogen) atoms. The van der Waals surface area contributed by atoms with Gasteiger partial charge in [-0.2, -0.15) is 0 Å². The van der Waals surface area contributed by atoms with E-state index in [1.54, 1.807) is 0 Å². The summed E-state index contributed by atoms with van der Waals surface area (Å²) < 4.78 is 0. The second-order valence-corrected chi connectivity index (χ2v) is 6.35. The molecular weight excluding hydrogens is 314 g/mol. The van der Waals surface area contributed by atoms with Crippen molar-refractivity contribution in [2.75, 3.05) is 31.4 Å². The molecule has 1 aliphatic heterocycles. The molecule has 0 bridgehead atoms. The highest BCUT2D eigenvalue weighted by Crippen LogP contribution is 2.30. The Morgan fingerprint density at radius 3 is 2.04 bits per heavy atom. The van der Waals surface area contributed by atoms with Crippen molar-refractivity contribution in [2.24, 2.45) is 0 Å². The third kappa shape index (κ3) is 3.13. The van der Waals surface area contributed by atoms with Crippen molar-refractivity contribution in [3.05, 3.63) is 65.4 Å². The van der Waals surface area contributed by atoms with Crippen LogP contribution in [0.4, 0.5) is 11.4 Å². The maximum atomic E-state index is 12.5. The van der Waals surface area contributed by atoms with E-state index >= 15 is 0 Å². The van der Waals surface area contributed by atoms with Crippen LogP contribution in [0.15, 0.2) is 54.2 Å². The molecule has 0 spiro atoms. The van der Waals surface area contributed by atoms with Gasteiger partial charge in [-0.1, -0.05) is 29.8 Å². The Labute approximate surface area is 147 Å². The lowest BCUT2D eigenvalue weighted by atomic mass is 10.0. The topological polar surface area (TPSA) is 52.7 Å². The summed E-state index contributed by atoms with van der Waals surface area (Å²) in [6.45, 7) is 1.98. The van der Waals surface area contributed by atoms with Gasteiger partial charge < -0.3 is 10.2 Å². The lowest BCUT2D eigenvalue weighted by Gasteiger charge is -2.14. The average molecular weight is 335 g/mol. The number of rotatable bonds is 4. The number of carbonyl (C=O) groups excluding carboxylic acids is 2. The van der Waals surface area contributed by atoms with Gasteiger partial charge in [0.15, 0.2) is 0 Å². The van der Waals surface area contributed by atoms with Crippen LogP contribution in [0.25, 0.3) is 5.57 Å². The first-order valence-electron chi connectivity index (χ1n) is 8.06. The Hall–Kier alpha value is -3.08. The van der Waals surface area contributed by atoms with E-state index in [1.807, 2.05) is 74.4 Å². The van der Waals surface area contributed by atoms with Gasteiger partial charge in [-0.25, -0.2) is 0 Å². The number of hydrogen-bond donors (Lipinski definition) is 1. The fraction of sp³-hybridized carbons (Fsp3) is 0.200. The Morgan fingerprint density at radius 1 is 0.880 bits per heavy atom. The molecule has 5 heteroatoms. The van der Waals surface area contributed by atoms with E-state index in [9.17, 15) is 9.59 Å². The van der Waals surface area contributed by atoms with Crippen LogP contribution in [0.5, 0.6) is 0 Å². The van der Waals surface area contributed by atoms with Crippen LogP contribution in [0, 0.1) is 6.92 Å². The molecule has 0 saturated carbocycles. The van der Waals surface area contributed by atoms with E-state index < -0.39 is 0 Å². The van der Waals surface area contributed by atoms with Gasteiger partial charge in [-0.15, -0.1) is 0 Å². The zero-order valence-corrected chi connectivity index (χ0v) is 14.8.